The van der Waals surface area contributed by atoms with Gasteiger partial charge in [-0.2, -0.15) is 0 Å². The van der Waals surface area contributed by atoms with Crippen LogP contribution in [0.3, 0.4) is 0 Å². The number of benzene rings is 1. The molecule has 0 bridgehead atoms. The number of anilines is 1. The summed E-state index contributed by atoms with van der Waals surface area (Å²) < 4.78 is 41.2. The lowest BCUT2D eigenvalue weighted by atomic mass is 10.3. The summed E-state index contributed by atoms with van der Waals surface area (Å²) in [4.78, 5) is 8.86. The van der Waals surface area contributed by atoms with E-state index in [0.717, 1.165) is 39.3 Å². The van der Waals surface area contributed by atoms with Gasteiger partial charge in [0.15, 0.2) is 11.7 Å². The highest BCUT2D eigenvalue weighted by atomic mass is 127. The molecule has 1 saturated heterocycles. The first-order valence-electron chi connectivity index (χ1n) is 8.24. The van der Waals surface area contributed by atoms with Crippen molar-refractivity contribution in [1.82, 2.24) is 9.80 Å². The topological polar surface area (TPSA) is 66.1 Å². The number of alkyl halides is 3. The van der Waals surface area contributed by atoms with E-state index in [1.165, 1.54) is 18.2 Å². The third kappa shape index (κ3) is 7.96. The van der Waals surface area contributed by atoms with Gasteiger partial charge in [0.1, 0.15) is 0 Å². The van der Waals surface area contributed by atoms with Crippen molar-refractivity contribution in [1.29, 1.82) is 0 Å². The van der Waals surface area contributed by atoms with Crippen molar-refractivity contribution in [2.45, 2.75) is 13.3 Å². The zero-order chi connectivity index (χ0) is 18.3. The van der Waals surface area contributed by atoms with Gasteiger partial charge in [-0.05, 0) is 18.7 Å². The lowest BCUT2D eigenvalue weighted by Gasteiger charge is -2.33. The molecule has 6 nitrogen and oxygen atoms in total. The van der Waals surface area contributed by atoms with Crippen LogP contribution in [0.2, 0.25) is 0 Å². The van der Waals surface area contributed by atoms with E-state index in [1.807, 2.05) is 0 Å². The van der Waals surface area contributed by atoms with E-state index in [1.54, 1.807) is 6.07 Å². The van der Waals surface area contributed by atoms with Gasteiger partial charge < -0.3 is 20.7 Å². The van der Waals surface area contributed by atoms with Gasteiger partial charge in [0.05, 0.1) is 12.2 Å². The average molecular weight is 487 g/mol. The van der Waals surface area contributed by atoms with Gasteiger partial charge in [-0.1, -0.05) is 19.1 Å². The van der Waals surface area contributed by atoms with Crippen LogP contribution in [0.25, 0.3) is 0 Å². The summed E-state index contributed by atoms with van der Waals surface area (Å²) in [5.41, 5.74) is 5.90. The zero-order valence-electron chi connectivity index (χ0n) is 14.6. The van der Waals surface area contributed by atoms with Gasteiger partial charge in [0, 0.05) is 32.7 Å². The molecule has 10 heteroatoms. The van der Waals surface area contributed by atoms with Crippen molar-refractivity contribution in [3.05, 3.63) is 24.3 Å². The quantitative estimate of drug-likeness (QED) is 0.367. The number of guanidine groups is 1. The maximum atomic E-state index is 12.4. The minimum atomic E-state index is -4.76. The van der Waals surface area contributed by atoms with E-state index in [-0.39, 0.29) is 41.4 Å². The first kappa shape index (κ1) is 22.8. The minimum Gasteiger partial charge on any atom is -0.404 e. The first-order valence-corrected chi connectivity index (χ1v) is 8.24. The van der Waals surface area contributed by atoms with Crippen LogP contribution in [0.15, 0.2) is 29.3 Å². The Hall–Kier alpha value is -1.27. The van der Waals surface area contributed by atoms with E-state index in [2.05, 4.69) is 31.8 Å². The molecule has 1 aromatic rings. The van der Waals surface area contributed by atoms with Crippen molar-refractivity contribution >= 4 is 35.6 Å². The maximum absolute atomic E-state index is 12.4. The summed E-state index contributed by atoms with van der Waals surface area (Å²) in [5, 5.41) is 2.66. The van der Waals surface area contributed by atoms with Crippen molar-refractivity contribution in [2.75, 3.05) is 51.1 Å². The molecule has 0 amide bonds. The predicted molar refractivity (Wildman–Crippen MR) is 107 cm³/mol. The highest BCUT2D eigenvalue weighted by Gasteiger charge is 2.32. The molecule has 0 aromatic heterocycles. The molecule has 3 N–H and O–H groups in total. The number of hydrogen-bond donors (Lipinski definition) is 2. The standard InChI is InChI=1S/C16H24F3N5O.HI/c1-2-23-9-11-24(12-10-23)8-7-21-15(20)22-13-5-3-4-6-14(13)25-16(17,18)19;/h3-6H,2,7-12H2,1H3,(H3,20,21,22);1H. The Labute approximate surface area is 168 Å². The number of nitrogens with two attached hydrogens (primary N) is 1. The SMILES string of the molecule is CCN1CCN(CCN=C(N)Nc2ccccc2OC(F)(F)F)CC1.I. The Balaban J connectivity index is 0.00000338. The summed E-state index contributed by atoms with van der Waals surface area (Å²) in [7, 11) is 0. The van der Waals surface area contributed by atoms with Crippen LogP contribution in [-0.2, 0) is 0 Å². The maximum Gasteiger partial charge on any atom is 0.573 e. The number of piperazine rings is 1. The molecule has 1 aliphatic heterocycles. The Morgan fingerprint density at radius 1 is 1.19 bits per heavy atom. The second kappa shape index (κ2) is 10.8. The Morgan fingerprint density at radius 2 is 1.81 bits per heavy atom. The van der Waals surface area contributed by atoms with E-state index in [9.17, 15) is 13.2 Å². The number of rotatable bonds is 6. The normalized spacial score (nSPS) is 16.8. The number of nitrogens with one attached hydrogen (secondary N) is 1. The van der Waals surface area contributed by atoms with Gasteiger partial charge in [-0.15, -0.1) is 37.1 Å². The van der Waals surface area contributed by atoms with Crippen molar-refractivity contribution in [3.63, 3.8) is 0 Å². The molecule has 1 aliphatic rings. The molecule has 26 heavy (non-hydrogen) atoms. The molecular formula is C16H25F3IN5O. The van der Waals surface area contributed by atoms with Crippen LogP contribution in [0.1, 0.15) is 6.92 Å². The minimum absolute atomic E-state index is 0. The second-order valence-corrected chi connectivity index (χ2v) is 5.71. The molecule has 0 atom stereocenters. The van der Waals surface area contributed by atoms with Gasteiger partial charge in [0.2, 0.25) is 0 Å². The molecule has 148 valence electrons. The van der Waals surface area contributed by atoms with Crippen molar-refractivity contribution in [2.24, 2.45) is 10.7 Å². The third-order valence-corrected chi connectivity index (χ3v) is 3.99. The highest BCUT2D eigenvalue weighted by molar-refractivity contribution is 14.0. The van der Waals surface area contributed by atoms with E-state index in [0.29, 0.717) is 6.54 Å². The highest BCUT2D eigenvalue weighted by Crippen LogP contribution is 2.29. The summed E-state index contributed by atoms with van der Waals surface area (Å²) in [6.45, 7) is 8.49. The number of aliphatic imine (C=N–C) groups is 1. The molecule has 1 fully saturated rings. The lowest BCUT2D eigenvalue weighted by Crippen LogP contribution is -2.46. The largest absolute Gasteiger partial charge is 0.573 e. The number of likely N-dealkylation sites (N-methyl/N-ethyl adjacent to an activating group) is 1. The summed E-state index contributed by atoms with van der Waals surface area (Å²) in [6.07, 6.45) is -4.76. The molecule has 0 saturated carbocycles. The van der Waals surface area contributed by atoms with Crippen LogP contribution in [0.5, 0.6) is 5.75 Å². The van der Waals surface area contributed by atoms with Gasteiger partial charge in [0.25, 0.3) is 0 Å². The summed E-state index contributed by atoms with van der Waals surface area (Å²) in [5.74, 6) is -0.283. The molecule has 0 unspecified atom stereocenters. The third-order valence-electron chi connectivity index (χ3n) is 3.99. The van der Waals surface area contributed by atoms with Crippen molar-refractivity contribution in [3.8, 4) is 5.75 Å². The van der Waals surface area contributed by atoms with Crippen LogP contribution in [-0.4, -0.2) is 67.9 Å². The molecule has 0 aliphatic carbocycles. The second-order valence-electron chi connectivity index (χ2n) is 5.71. The molecule has 0 spiro atoms. The number of para-hydroxylation sites is 2. The molecule has 2 rings (SSSR count). The number of hydrogen-bond acceptors (Lipinski definition) is 4. The van der Waals surface area contributed by atoms with E-state index < -0.39 is 6.36 Å². The number of ether oxygens (including phenoxy) is 1. The zero-order valence-corrected chi connectivity index (χ0v) is 17.0. The summed E-state index contributed by atoms with van der Waals surface area (Å²) in [6, 6.07) is 5.71. The fourth-order valence-electron chi connectivity index (χ4n) is 2.60. The van der Waals surface area contributed by atoms with Crippen LogP contribution >= 0.6 is 24.0 Å². The summed E-state index contributed by atoms with van der Waals surface area (Å²) >= 11 is 0. The Morgan fingerprint density at radius 3 is 2.42 bits per heavy atom. The predicted octanol–water partition coefficient (Wildman–Crippen LogP) is 2.57. The number of nitrogens with zero attached hydrogens (tertiary/aromatic N) is 3. The molecule has 1 aromatic carbocycles. The Kier molecular flexibility index (Phi) is 9.44. The smallest absolute Gasteiger partial charge is 0.404 e. The van der Waals surface area contributed by atoms with Crippen molar-refractivity contribution < 1.29 is 17.9 Å². The van der Waals surface area contributed by atoms with Crippen LogP contribution in [0.4, 0.5) is 18.9 Å². The fourth-order valence-corrected chi connectivity index (χ4v) is 2.60. The van der Waals surface area contributed by atoms with Crippen LogP contribution in [0, 0.1) is 0 Å². The van der Waals surface area contributed by atoms with Gasteiger partial charge in [-0.25, -0.2) is 0 Å². The van der Waals surface area contributed by atoms with Gasteiger partial charge in [-0.3, -0.25) is 9.89 Å². The van der Waals surface area contributed by atoms with Gasteiger partial charge >= 0.3 is 6.36 Å². The average Bonchev–Trinajstić information content (AvgIpc) is 2.56. The fraction of sp³-hybridized carbons (Fsp3) is 0.562. The van der Waals surface area contributed by atoms with Crippen LogP contribution < -0.4 is 15.8 Å². The molecule has 0 radical (unpaired) electrons. The first-order chi connectivity index (χ1) is 11.9. The lowest BCUT2D eigenvalue weighted by molar-refractivity contribution is -0.274. The molecule has 1 heterocycles. The Bertz CT molecular complexity index is 577. The van der Waals surface area contributed by atoms with E-state index >= 15 is 0 Å². The van der Waals surface area contributed by atoms with E-state index in [4.69, 9.17) is 5.73 Å². The molecular weight excluding hydrogens is 462 g/mol. The monoisotopic (exact) mass is 487 g/mol. The number of halogens is 4.